The molecule has 1 aliphatic rings. The summed E-state index contributed by atoms with van der Waals surface area (Å²) < 4.78 is 0. The van der Waals surface area contributed by atoms with Crippen molar-refractivity contribution in [1.29, 1.82) is 0 Å². The molecule has 50 valence electrons. The summed E-state index contributed by atoms with van der Waals surface area (Å²) in [4.78, 5) is 0. The fraction of sp³-hybridized carbons (Fsp3) is 0.556. The van der Waals surface area contributed by atoms with Crippen molar-refractivity contribution in [3.05, 3.63) is 23.8 Å². The van der Waals surface area contributed by atoms with Crippen LogP contribution in [-0.2, 0) is 0 Å². The van der Waals surface area contributed by atoms with Gasteiger partial charge >= 0.3 is 29.6 Å². The van der Waals surface area contributed by atoms with Crippen LogP contribution in [0.25, 0.3) is 0 Å². The summed E-state index contributed by atoms with van der Waals surface area (Å²) in [6.07, 6.45) is 12.5. The summed E-state index contributed by atoms with van der Waals surface area (Å²) in [5.41, 5.74) is 1.48. The van der Waals surface area contributed by atoms with Crippen LogP contribution in [0.4, 0.5) is 0 Å². The first-order valence-electron chi connectivity index (χ1n) is 3.69. The molecule has 0 saturated heterocycles. The van der Waals surface area contributed by atoms with Crippen LogP contribution >= 0.6 is 0 Å². The molecule has 0 fully saturated rings. The Kier molecular flexibility index (Phi) is 6.50. The fourth-order valence-electron chi connectivity index (χ4n) is 1.00. The zero-order valence-electron chi connectivity index (χ0n) is 6.98. The van der Waals surface area contributed by atoms with E-state index in [-0.39, 0.29) is 29.6 Å². The second-order valence-electron chi connectivity index (χ2n) is 2.46. The second kappa shape index (κ2) is 6.21. The number of hydrogen-bond donors (Lipinski definition) is 0. The summed E-state index contributed by atoms with van der Waals surface area (Å²) in [5, 5.41) is 0. The topological polar surface area (TPSA) is 0 Å². The molecule has 0 aromatic heterocycles. The van der Waals surface area contributed by atoms with E-state index in [1.807, 2.05) is 6.08 Å². The molecule has 0 N–H and O–H groups in total. The molecule has 0 radical (unpaired) electrons. The Balaban J connectivity index is 0.000000810. The van der Waals surface area contributed by atoms with Crippen LogP contribution < -0.4 is 29.6 Å². The molecule has 0 heterocycles. The van der Waals surface area contributed by atoms with Crippen molar-refractivity contribution in [2.24, 2.45) is 0 Å². The van der Waals surface area contributed by atoms with Crippen molar-refractivity contribution in [1.82, 2.24) is 0 Å². The minimum Gasteiger partial charge on any atom is -0.253 e. The third-order valence-corrected chi connectivity index (χ3v) is 1.60. The van der Waals surface area contributed by atoms with E-state index in [2.05, 4.69) is 19.1 Å². The van der Waals surface area contributed by atoms with E-state index in [1.54, 1.807) is 0 Å². The molecule has 0 atom stereocenters. The van der Waals surface area contributed by atoms with Gasteiger partial charge in [0.25, 0.3) is 0 Å². The number of rotatable bonds is 3. The number of hydrogen-bond acceptors (Lipinski definition) is 0. The average Bonchev–Trinajstić information content (AvgIpc) is 2.34. The Hall–Kier alpha value is 0.480. The van der Waals surface area contributed by atoms with Crippen LogP contribution in [0, 0.1) is 6.08 Å². The Bertz CT molecular complexity index is 134. The first-order chi connectivity index (χ1) is 4.43. The van der Waals surface area contributed by atoms with Crippen molar-refractivity contribution >= 4 is 0 Å². The summed E-state index contributed by atoms with van der Waals surface area (Å²) in [6, 6.07) is 0. The number of unbranched alkanes of at least 4 members (excludes halogenated alkanes) is 1. The van der Waals surface area contributed by atoms with Crippen molar-refractivity contribution in [2.75, 3.05) is 0 Å². The molecule has 1 heteroatoms. The van der Waals surface area contributed by atoms with Gasteiger partial charge in [-0.3, -0.25) is 6.08 Å². The Morgan fingerprint density at radius 1 is 1.60 bits per heavy atom. The molecule has 0 nitrogen and oxygen atoms in total. The van der Waals surface area contributed by atoms with Gasteiger partial charge in [-0.15, -0.1) is 0 Å². The summed E-state index contributed by atoms with van der Waals surface area (Å²) in [7, 11) is 0. The molecule has 0 saturated carbocycles. The Labute approximate surface area is 85.7 Å². The summed E-state index contributed by atoms with van der Waals surface area (Å²) >= 11 is 0. The number of allylic oxidation sites excluding steroid dienone is 4. The van der Waals surface area contributed by atoms with Gasteiger partial charge in [0.05, 0.1) is 0 Å². The Morgan fingerprint density at radius 3 is 2.90 bits per heavy atom. The molecule has 0 aromatic rings. The van der Waals surface area contributed by atoms with Gasteiger partial charge in [-0.25, -0.2) is 12.2 Å². The van der Waals surface area contributed by atoms with Crippen LogP contribution in [0.15, 0.2) is 17.7 Å². The van der Waals surface area contributed by atoms with Gasteiger partial charge in [-0.05, 0) is 0 Å². The van der Waals surface area contributed by atoms with E-state index >= 15 is 0 Å². The molecular formula is C9H13Na. The third-order valence-electron chi connectivity index (χ3n) is 1.60. The largest absolute Gasteiger partial charge is 1.00 e. The third kappa shape index (κ3) is 3.60. The molecule has 0 amide bonds. The monoisotopic (exact) mass is 144 g/mol. The van der Waals surface area contributed by atoms with Gasteiger partial charge < -0.3 is 0 Å². The van der Waals surface area contributed by atoms with E-state index < -0.39 is 0 Å². The van der Waals surface area contributed by atoms with Crippen LogP contribution in [0.3, 0.4) is 0 Å². The predicted octanol–water partition coefficient (Wildman–Crippen LogP) is -0.130. The van der Waals surface area contributed by atoms with E-state index in [9.17, 15) is 0 Å². The molecule has 0 bridgehead atoms. The SMILES string of the molecule is CCCCC1=[C-]C=CC1.[Na+]. The zero-order chi connectivity index (χ0) is 6.53. The van der Waals surface area contributed by atoms with Crippen molar-refractivity contribution in [2.45, 2.75) is 32.6 Å². The maximum atomic E-state index is 3.23. The van der Waals surface area contributed by atoms with E-state index in [4.69, 9.17) is 0 Å². The summed E-state index contributed by atoms with van der Waals surface area (Å²) in [6.45, 7) is 2.23. The van der Waals surface area contributed by atoms with Gasteiger partial charge in [0, 0.05) is 0 Å². The predicted molar refractivity (Wildman–Crippen MR) is 40.0 cm³/mol. The smallest absolute Gasteiger partial charge is 0.253 e. The second-order valence-corrected chi connectivity index (χ2v) is 2.46. The van der Waals surface area contributed by atoms with Crippen LogP contribution in [0.1, 0.15) is 32.6 Å². The maximum Gasteiger partial charge on any atom is 1.00 e. The van der Waals surface area contributed by atoms with Crippen molar-refractivity contribution < 1.29 is 29.6 Å². The van der Waals surface area contributed by atoms with Gasteiger partial charge in [0.15, 0.2) is 0 Å². The first kappa shape index (κ1) is 10.5. The minimum absolute atomic E-state index is 0. The molecule has 0 spiro atoms. The van der Waals surface area contributed by atoms with Crippen molar-refractivity contribution in [3.8, 4) is 0 Å². The molecule has 1 rings (SSSR count). The van der Waals surface area contributed by atoms with Gasteiger partial charge in [-0.1, -0.05) is 32.6 Å². The molecule has 0 unspecified atom stereocenters. The minimum atomic E-state index is 0. The fourth-order valence-corrected chi connectivity index (χ4v) is 1.00. The van der Waals surface area contributed by atoms with E-state index in [0.717, 1.165) is 6.42 Å². The normalized spacial score (nSPS) is 14.7. The van der Waals surface area contributed by atoms with Crippen LogP contribution in [0.5, 0.6) is 0 Å². The maximum absolute atomic E-state index is 3.23. The van der Waals surface area contributed by atoms with Crippen LogP contribution in [0.2, 0.25) is 0 Å². The van der Waals surface area contributed by atoms with E-state index in [1.165, 1.54) is 24.8 Å². The van der Waals surface area contributed by atoms with Gasteiger partial charge in [0.1, 0.15) is 0 Å². The van der Waals surface area contributed by atoms with E-state index in [0.29, 0.717) is 0 Å². The molecule has 10 heavy (non-hydrogen) atoms. The first-order valence-corrected chi connectivity index (χ1v) is 3.69. The molecular weight excluding hydrogens is 131 g/mol. The Morgan fingerprint density at radius 2 is 2.40 bits per heavy atom. The molecule has 0 aliphatic heterocycles. The molecule has 0 aromatic carbocycles. The quantitative estimate of drug-likeness (QED) is 0.382. The average molecular weight is 144 g/mol. The zero-order valence-corrected chi connectivity index (χ0v) is 8.98. The summed E-state index contributed by atoms with van der Waals surface area (Å²) in [5.74, 6) is 0. The van der Waals surface area contributed by atoms with Crippen LogP contribution in [-0.4, -0.2) is 0 Å². The molecule has 1 aliphatic carbocycles. The van der Waals surface area contributed by atoms with Crippen molar-refractivity contribution in [3.63, 3.8) is 0 Å². The van der Waals surface area contributed by atoms with Gasteiger partial charge in [-0.2, -0.15) is 5.57 Å². The standard InChI is InChI=1S/C9H13.Na/c1-2-3-6-9-7-4-5-8-9;/h4-5H,2-3,6-7H2,1H3;/q-1;+1. The van der Waals surface area contributed by atoms with Gasteiger partial charge in [0.2, 0.25) is 0 Å².